The molecule has 27 heavy (non-hydrogen) atoms. The highest BCUT2D eigenvalue weighted by molar-refractivity contribution is 8.77. The molecule has 0 radical (unpaired) electrons. The molecule has 1 amide bonds. The van der Waals surface area contributed by atoms with E-state index in [0.29, 0.717) is 25.6 Å². The standard InChI is InChI=1S/C21H31NO3S2/c1-15(2)21(16-8-9-18-19(14-16)25-12-5-11-24-18)22-20(23)7-4-3-6-17-10-13-26-27-17/h8-9,14-15,17,21H,3-7,10-13H2,1-2H3,(H,22,23). The number of carbonyl (C=O) groups excluding carboxylic acids is 1. The van der Waals surface area contributed by atoms with Crippen molar-refractivity contribution in [1.82, 2.24) is 5.32 Å². The molecule has 4 nitrogen and oxygen atoms in total. The van der Waals surface area contributed by atoms with E-state index in [0.717, 1.165) is 41.6 Å². The Morgan fingerprint density at radius 3 is 2.78 bits per heavy atom. The number of fused-ring (bicyclic) bond motifs is 1. The average molecular weight is 410 g/mol. The molecular weight excluding hydrogens is 378 g/mol. The van der Waals surface area contributed by atoms with Crippen molar-refractivity contribution in [3.63, 3.8) is 0 Å². The summed E-state index contributed by atoms with van der Waals surface area (Å²) < 4.78 is 11.5. The van der Waals surface area contributed by atoms with Gasteiger partial charge in [0.05, 0.1) is 19.3 Å². The second-order valence-corrected chi connectivity index (χ2v) is 10.4. The van der Waals surface area contributed by atoms with Crippen molar-refractivity contribution in [2.24, 2.45) is 5.92 Å². The van der Waals surface area contributed by atoms with Gasteiger partial charge in [-0.3, -0.25) is 4.79 Å². The Hall–Kier alpha value is -1.01. The number of ether oxygens (including phenoxy) is 2. The van der Waals surface area contributed by atoms with Gasteiger partial charge < -0.3 is 14.8 Å². The molecule has 0 aliphatic carbocycles. The minimum absolute atomic E-state index is 0.00330. The molecule has 0 spiro atoms. The molecule has 1 N–H and O–H groups in total. The van der Waals surface area contributed by atoms with E-state index in [2.05, 4.69) is 19.2 Å². The van der Waals surface area contributed by atoms with Crippen molar-refractivity contribution in [2.45, 2.75) is 63.7 Å². The maximum Gasteiger partial charge on any atom is 0.220 e. The van der Waals surface area contributed by atoms with Crippen LogP contribution in [0.5, 0.6) is 11.5 Å². The maximum atomic E-state index is 12.5. The summed E-state index contributed by atoms with van der Waals surface area (Å²) >= 11 is 0. The molecule has 2 atom stereocenters. The molecule has 150 valence electrons. The number of nitrogens with one attached hydrogen (secondary N) is 1. The lowest BCUT2D eigenvalue weighted by atomic mass is 9.95. The first-order valence-electron chi connectivity index (χ1n) is 10.1. The van der Waals surface area contributed by atoms with Crippen molar-refractivity contribution in [3.8, 4) is 11.5 Å². The van der Waals surface area contributed by atoms with Crippen LogP contribution in [0.1, 0.15) is 64.0 Å². The Morgan fingerprint density at radius 1 is 1.22 bits per heavy atom. The number of unbranched alkanes of at least 4 members (excludes halogenated alkanes) is 1. The summed E-state index contributed by atoms with van der Waals surface area (Å²) in [6.07, 6.45) is 6.17. The minimum atomic E-state index is -0.00330. The Kier molecular flexibility index (Phi) is 8.07. The predicted octanol–water partition coefficient (Wildman–Crippen LogP) is 5.38. The van der Waals surface area contributed by atoms with Crippen molar-refractivity contribution in [3.05, 3.63) is 23.8 Å². The van der Waals surface area contributed by atoms with Crippen molar-refractivity contribution in [1.29, 1.82) is 0 Å². The van der Waals surface area contributed by atoms with Crippen LogP contribution in [0.2, 0.25) is 0 Å². The quantitative estimate of drug-likeness (QED) is 0.462. The smallest absolute Gasteiger partial charge is 0.220 e. The van der Waals surface area contributed by atoms with Crippen molar-refractivity contribution >= 4 is 27.5 Å². The zero-order valence-electron chi connectivity index (χ0n) is 16.4. The van der Waals surface area contributed by atoms with Crippen LogP contribution in [-0.4, -0.2) is 30.1 Å². The highest BCUT2D eigenvalue weighted by Crippen LogP contribution is 2.40. The SMILES string of the molecule is CC(C)C(NC(=O)CCCCC1CCSS1)c1ccc2c(c1)OCCCO2. The van der Waals surface area contributed by atoms with Crippen LogP contribution in [0, 0.1) is 5.92 Å². The molecule has 0 bridgehead atoms. The minimum Gasteiger partial charge on any atom is -0.490 e. The van der Waals surface area contributed by atoms with Crippen molar-refractivity contribution in [2.75, 3.05) is 19.0 Å². The number of rotatable bonds is 8. The van der Waals surface area contributed by atoms with Crippen molar-refractivity contribution < 1.29 is 14.3 Å². The van der Waals surface area contributed by atoms with Gasteiger partial charge in [-0.25, -0.2) is 0 Å². The fraction of sp³-hybridized carbons (Fsp3) is 0.667. The van der Waals surface area contributed by atoms with Gasteiger partial charge in [-0.1, -0.05) is 47.9 Å². The molecule has 3 rings (SSSR count). The molecule has 2 heterocycles. The van der Waals surface area contributed by atoms with Gasteiger partial charge in [0.1, 0.15) is 0 Å². The first kappa shape index (κ1) is 20.7. The molecule has 1 aromatic rings. The van der Waals surface area contributed by atoms with E-state index in [1.54, 1.807) is 0 Å². The summed E-state index contributed by atoms with van der Waals surface area (Å²) in [5.41, 5.74) is 1.09. The summed E-state index contributed by atoms with van der Waals surface area (Å²) in [6, 6.07) is 6.04. The molecule has 1 saturated heterocycles. The van der Waals surface area contributed by atoms with E-state index >= 15 is 0 Å². The fourth-order valence-corrected chi connectivity index (χ4v) is 6.50. The first-order chi connectivity index (χ1) is 13.1. The Balaban J connectivity index is 1.52. The highest BCUT2D eigenvalue weighted by atomic mass is 33.1. The normalized spacial score (nSPS) is 20.3. The van der Waals surface area contributed by atoms with Gasteiger partial charge in [-0.2, -0.15) is 0 Å². The van der Waals surface area contributed by atoms with E-state index in [1.165, 1.54) is 18.6 Å². The van der Waals surface area contributed by atoms with Crippen LogP contribution in [0.25, 0.3) is 0 Å². The first-order valence-corrected chi connectivity index (χ1v) is 12.5. The van der Waals surface area contributed by atoms with E-state index < -0.39 is 0 Å². The van der Waals surface area contributed by atoms with Crippen LogP contribution < -0.4 is 14.8 Å². The van der Waals surface area contributed by atoms with Gasteiger partial charge in [-0.05, 0) is 42.9 Å². The molecule has 0 aromatic heterocycles. The third-order valence-corrected chi connectivity index (χ3v) is 8.03. The second-order valence-electron chi connectivity index (χ2n) is 7.62. The molecule has 1 fully saturated rings. The summed E-state index contributed by atoms with van der Waals surface area (Å²) in [5.74, 6) is 3.33. The Morgan fingerprint density at radius 2 is 2.04 bits per heavy atom. The molecule has 6 heteroatoms. The third-order valence-electron chi connectivity index (χ3n) is 5.02. The Labute approximate surface area is 170 Å². The highest BCUT2D eigenvalue weighted by Gasteiger charge is 2.21. The van der Waals surface area contributed by atoms with Crippen LogP contribution in [0.4, 0.5) is 0 Å². The number of hydrogen-bond acceptors (Lipinski definition) is 5. The van der Waals surface area contributed by atoms with Crippen LogP contribution in [0.15, 0.2) is 18.2 Å². The lowest BCUT2D eigenvalue weighted by Gasteiger charge is -2.24. The summed E-state index contributed by atoms with van der Waals surface area (Å²) in [7, 11) is 4.00. The lowest BCUT2D eigenvalue weighted by Crippen LogP contribution is -2.31. The number of carbonyl (C=O) groups is 1. The predicted molar refractivity (Wildman–Crippen MR) is 115 cm³/mol. The maximum absolute atomic E-state index is 12.5. The van der Waals surface area contributed by atoms with E-state index in [4.69, 9.17) is 9.47 Å². The summed E-state index contributed by atoms with van der Waals surface area (Å²) in [5, 5.41) is 4.03. The molecular formula is C21H31NO3S2. The van der Waals surface area contributed by atoms with Gasteiger partial charge in [0, 0.05) is 23.8 Å². The lowest BCUT2D eigenvalue weighted by molar-refractivity contribution is -0.122. The number of hydrogen-bond donors (Lipinski definition) is 1. The van der Waals surface area contributed by atoms with Crippen LogP contribution in [-0.2, 0) is 4.79 Å². The number of amides is 1. The topological polar surface area (TPSA) is 47.6 Å². The zero-order chi connectivity index (χ0) is 19.1. The van der Waals surface area contributed by atoms with E-state index in [-0.39, 0.29) is 11.9 Å². The third kappa shape index (κ3) is 6.24. The van der Waals surface area contributed by atoms with Gasteiger partial charge in [0.25, 0.3) is 0 Å². The van der Waals surface area contributed by atoms with E-state index in [1.807, 2.05) is 39.8 Å². The molecule has 1 aromatic carbocycles. The van der Waals surface area contributed by atoms with Gasteiger partial charge in [0.2, 0.25) is 5.91 Å². The Bertz CT molecular complexity index is 617. The van der Waals surface area contributed by atoms with Gasteiger partial charge >= 0.3 is 0 Å². The zero-order valence-corrected chi connectivity index (χ0v) is 18.0. The van der Waals surface area contributed by atoms with Gasteiger partial charge in [0.15, 0.2) is 11.5 Å². The fourth-order valence-electron chi connectivity index (χ4n) is 3.48. The van der Waals surface area contributed by atoms with Gasteiger partial charge in [-0.15, -0.1) is 0 Å². The second kappa shape index (κ2) is 10.5. The van der Waals surface area contributed by atoms with Crippen LogP contribution >= 0.6 is 21.6 Å². The molecule has 2 aliphatic rings. The number of benzene rings is 1. The van der Waals surface area contributed by atoms with E-state index in [9.17, 15) is 4.79 Å². The largest absolute Gasteiger partial charge is 0.490 e. The molecule has 0 saturated carbocycles. The summed E-state index contributed by atoms with van der Waals surface area (Å²) in [6.45, 7) is 5.65. The monoisotopic (exact) mass is 409 g/mol. The van der Waals surface area contributed by atoms with Crippen LogP contribution in [0.3, 0.4) is 0 Å². The summed E-state index contributed by atoms with van der Waals surface area (Å²) in [4.78, 5) is 12.5. The molecule has 2 unspecified atom stereocenters. The average Bonchev–Trinajstić information content (AvgIpc) is 3.06. The molecule has 2 aliphatic heterocycles.